The first kappa shape index (κ1) is 12.4. The topological polar surface area (TPSA) is 24.5 Å². The van der Waals surface area contributed by atoms with Crippen LogP contribution in [-0.2, 0) is 6.54 Å². The average molecular weight is 234 g/mol. The van der Waals surface area contributed by atoms with Gasteiger partial charge in [0.15, 0.2) is 0 Å². The standard InChI is InChI=1S/C14H22N2O/c1-3-17-14-7-5-4-6-13(14)11-16-9-8-15-12(2)10-16/h4-7,12,15H,3,8-11H2,1-2H3. The molecule has 1 aliphatic rings. The summed E-state index contributed by atoms with van der Waals surface area (Å²) < 4.78 is 5.66. The molecule has 3 nitrogen and oxygen atoms in total. The highest BCUT2D eigenvalue weighted by Gasteiger charge is 2.16. The normalized spacial score (nSPS) is 21.4. The lowest BCUT2D eigenvalue weighted by Gasteiger charge is -2.32. The Bertz CT molecular complexity index is 354. The fourth-order valence-corrected chi connectivity index (χ4v) is 2.33. The fourth-order valence-electron chi connectivity index (χ4n) is 2.33. The molecule has 1 N–H and O–H groups in total. The molecule has 94 valence electrons. The number of piperazine rings is 1. The summed E-state index contributed by atoms with van der Waals surface area (Å²) in [5, 5.41) is 3.46. The highest BCUT2D eigenvalue weighted by molar-refractivity contribution is 5.33. The Morgan fingerprint density at radius 3 is 3.00 bits per heavy atom. The molecule has 0 aliphatic carbocycles. The van der Waals surface area contributed by atoms with Crippen molar-refractivity contribution in [1.29, 1.82) is 0 Å². The lowest BCUT2D eigenvalue weighted by molar-refractivity contribution is 0.196. The van der Waals surface area contributed by atoms with Crippen molar-refractivity contribution >= 4 is 0 Å². The van der Waals surface area contributed by atoms with Crippen molar-refractivity contribution in [3.8, 4) is 5.75 Å². The van der Waals surface area contributed by atoms with Gasteiger partial charge >= 0.3 is 0 Å². The van der Waals surface area contributed by atoms with Crippen molar-refractivity contribution in [3.05, 3.63) is 29.8 Å². The number of nitrogens with zero attached hydrogens (tertiary/aromatic N) is 1. The van der Waals surface area contributed by atoms with Crippen LogP contribution in [0, 0.1) is 0 Å². The molecule has 1 aliphatic heterocycles. The highest BCUT2D eigenvalue weighted by atomic mass is 16.5. The summed E-state index contributed by atoms with van der Waals surface area (Å²) in [6, 6.07) is 8.93. The smallest absolute Gasteiger partial charge is 0.123 e. The zero-order valence-corrected chi connectivity index (χ0v) is 10.8. The third-order valence-electron chi connectivity index (χ3n) is 3.12. The number of hydrogen-bond acceptors (Lipinski definition) is 3. The summed E-state index contributed by atoms with van der Waals surface area (Å²) >= 11 is 0. The molecule has 0 bridgehead atoms. The Balaban J connectivity index is 2.01. The van der Waals surface area contributed by atoms with Crippen molar-refractivity contribution < 1.29 is 4.74 Å². The molecule has 2 rings (SSSR count). The van der Waals surface area contributed by atoms with Crippen LogP contribution in [0.4, 0.5) is 0 Å². The molecular weight excluding hydrogens is 212 g/mol. The van der Waals surface area contributed by atoms with E-state index in [1.54, 1.807) is 0 Å². The van der Waals surface area contributed by atoms with E-state index in [1.165, 1.54) is 5.56 Å². The second kappa shape index (κ2) is 6.03. The van der Waals surface area contributed by atoms with Crippen LogP contribution in [0.1, 0.15) is 19.4 Å². The Morgan fingerprint density at radius 1 is 1.41 bits per heavy atom. The summed E-state index contributed by atoms with van der Waals surface area (Å²) in [4.78, 5) is 2.49. The second-order valence-electron chi connectivity index (χ2n) is 4.63. The van der Waals surface area contributed by atoms with E-state index in [4.69, 9.17) is 4.74 Å². The van der Waals surface area contributed by atoms with Crippen LogP contribution >= 0.6 is 0 Å². The molecule has 17 heavy (non-hydrogen) atoms. The molecule has 3 heteroatoms. The van der Waals surface area contributed by atoms with Gasteiger partial charge in [-0.15, -0.1) is 0 Å². The molecule has 0 amide bonds. The lowest BCUT2D eigenvalue weighted by atomic mass is 10.1. The Kier molecular flexibility index (Phi) is 4.40. The van der Waals surface area contributed by atoms with E-state index in [-0.39, 0.29) is 0 Å². The Hall–Kier alpha value is -1.06. The van der Waals surface area contributed by atoms with Crippen molar-refractivity contribution in [3.63, 3.8) is 0 Å². The molecule has 0 spiro atoms. The third kappa shape index (κ3) is 3.45. The summed E-state index contributed by atoms with van der Waals surface area (Å²) in [6.45, 7) is 9.30. The van der Waals surface area contributed by atoms with Crippen molar-refractivity contribution in [2.45, 2.75) is 26.4 Å². The lowest BCUT2D eigenvalue weighted by Crippen LogP contribution is -2.48. The number of benzene rings is 1. The van der Waals surface area contributed by atoms with Gasteiger partial charge in [-0.05, 0) is 19.9 Å². The van der Waals surface area contributed by atoms with Gasteiger partial charge in [0.25, 0.3) is 0 Å². The minimum Gasteiger partial charge on any atom is -0.494 e. The van der Waals surface area contributed by atoms with Crippen LogP contribution in [0.3, 0.4) is 0 Å². The predicted molar refractivity (Wildman–Crippen MR) is 70.4 cm³/mol. The highest BCUT2D eigenvalue weighted by Crippen LogP contribution is 2.20. The number of hydrogen-bond donors (Lipinski definition) is 1. The van der Waals surface area contributed by atoms with Crippen molar-refractivity contribution in [2.24, 2.45) is 0 Å². The molecule has 1 saturated heterocycles. The van der Waals surface area contributed by atoms with E-state index < -0.39 is 0 Å². The molecule has 1 heterocycles. The molecule has 0 saturated carbocycles. The van der Waals surface area contributed by atoms with Gasteiger partial charge in [0.2, 0.25) is 0 Å². The van der Waals surface area contributed by atoms with Gasteiger partial charge in [-0.3, -0.25) is 4.90 Å². The van der Waals surface area contributed by atoms with Crippen molar-refractivity contribution in [2.75, 3.05) is 26.2 Å². The Labute approximate surface area is 104 Å². The monoisotopic (exact) mass is 234 g/mol. The van der Waals surface area contributed by atoms with Crippen molar-refractivity contribution in [1.82, 2.24) is 10.2 Å². The van der Waals surface area contributed by atoms with Gasteiger partial charge in [0.1, 0.15) is 5.75 Å². The SMILES string of the molecule is CCOc1ccccc1CN1CCNC(C)C1. The van der Waals surface area contributed by atoms with Crippen LogP contribution in [0.25, 0.3) is 0 Å². The maximum absolute atomic E-state index is 5.66. The van der Waals surface area contributed by atoms with Crippen LogP contribution in [-0.4, -0.2) is 37.2 Å². The first-order chi connectivity index (χ1) is 8.29. The van der Waals surface area contributed by atoms with E-state index in [2.05, 4.69) is 35.3 Å². The van der Waals surface area contributed by atoms with Gasteiger partial charge in [-0.25, -0.2) is 0 Å². The largest absolute Gasteiger partial charge is 0.494 e. The zero-order valence-electron chi connectivity index (χ0n) is 10.8. The van der Waals surface area contributed by atoms with E-state index in [1.807, 2.05) is 13.0 Å². The van der Waals surface area contributed by atoms with E-state index in [0.29, 0.717) is 6.04 Å². The van der Waals surface area contributed by atoms with E-state index in [0.717, 1.165) is 38.5 Å². The maximum Gasteiger partial charge on any atom is 0.123 e. The molecule has 1 fully saturated rings. The summed E-state index contributed by atoms with van der Waals surface area (Å²) in [6.07, 6.45) is 0. The minimum absolute atomic E-state index is 0.586. The van der Waals surface area contributed by atoms with Crippen LogP contribution in [0.15, 0.2) is 24.3 Å². The van der Waals surface area contributed by atoms with E-state index in [9.17, 15) is 0 Å². The maximum atomic E-state index is 5.66. The first-order valence-electron chi connectivity index (χ1n) is 6.46. The van der Waals surface area contributed by atoms with Gasteiger partial charge in [0.05, 0.1) is 6.61 Å². The van der Waals surface area contributed by atoms with Gasteiger partial charge in [-0.2, -0.15) is 0 Å². The van der Waals surface area contributed by atoms with Gasteiger partial charge < -0.3 is 10.1 Å². The summed E-state index contributed by atoms with van der Waals surface area (Å²) in [7, 11) is 0. The predicted octanol–water partition coefficient (Wildman–Crippen LogP) is 1.88. The first-order valence-corrected chi connectivity index (χ1v) is 6.46. The Morgan fingerprint density at radius 2 is 2.24 bits per heavy atom. The van der Waals surface area contributed by atoms with Gasteiger partial charge in [0, 0.05) is 37.8 Å². The zero-order chi connectivity index (χ0) is 12.1. The number of para-hydroxylation sites is 1. The quantitative estimate of drug-likeness (QED) is 0.861. The molecule has 1 aromatic carbocycles. The number of nitrogens with one attached hydrogen (secondary N) is 1. The molecular formula is C14H22N2O. The molecule has 0 radical (unpaired) electrons. The average Bonchev–Trinajstić information content (AvgIpc) is 2.32. The van der Waals surface area contributed by atoms with Crippen LogP contribution < -0.4 is 10.1 Å². The van der Waals surface area contributed by atoms with Crippen LogP contribution in [0.5, 0.6) is 5.75 Å². The van der Waals surface area contributed by atoms with Gasteiger partial charge in [-0.1, -0.05) is 18.2 Å². The molecule has 1 unspecified atom stereocenters. The minimum atomic E-state index is 0.586. The molecule has 1 atom stereocenters. The van der Waals surface area contributed by atoms with Crippen LogP contribution in [0.2, 0.25) is 0 Å². The second-order valence-corrected chi connectivity index (χ2v) is 4.63. The number of rotatable bonds is 4. The molecule has 0 aromatic heterocycles. The van der Waals surface area contributed by atoms with E-state index >= 15 is 0 Å². The summed E-state index contributed by atoms with van der Waals surface area (Å²) in [5.74, 6) is 1.03. The number of ether oxygens (including phenoxy) is 1. The third-order valence-corrected chi connectivity index (χ3v) is 3.12. The molecule has 1 aromatic rings. The fraction of sp³-hybridized carbons (Fsp3) is 0.571. The summed E-state index contributed by atoms with van der Waals surface area (Å²) in [5.41, 5.74) is 1.29.